The zero-order chi connectivity index (χ0) is 13.3. The van der Waals surface area contributed by atoms with Crippen LogP contribution in [0.15, 0.2) is 23.1 Å². The summed E-state index contributed by atoms with van der Waals surface area (Å²) in [6.45, 7) is 5.43. The third kappa shape index (κ3) is 2.83. The molecule has 2 heterocycles. The van der Waals surface area contributed by atoms with Gasteiger partial charge in [-0.25, -0.2) is 8.42 Å². The summed E-state index contributed by atoms with van der Waals surface area (Å²) in [6.07, 6.45) is 1.69. The summed E-state index contributed by atoms with van der Waals surface area (Å²) in [5.74, 6) is 0.281. The highest BCUT2D eigenvalue weighted by Gasteiger charge is 2.25. The Morgan fingerprint density at radius 1 is 1.21 bits per heavy atom. The van der Waals surface area contributed by atoms with Crippen molar-refractivity contribution in [3.05, 3.63) is 29.3 Å². The molecule has 2 aliphatic rings. The Morgan fingerprint density at radius 3 is 2.79 bits per heavy atom. The highest BCUT2D eigenvalue weighted by atomic mass is 32.2. The fourth-order valence-corrected chi connectivity index (χ4v) is 4.41. The van der Waals surface area contributed by atoms with Crippen molar-refractivity contribution in [1.82, 2.24) is 10.2 Å². The van der Waals surface area contributed by atoms with Crippen LogP contribution in [0.5, 0.6) is 0 Å². The lowest BCUT2D eigenvalue weighted by Crippen LogP contribution is -2.44. The van der Waals surface area contributed by atoms with Crippen molar-refractivity contribution in [2.45, 2.75) is 17.7 Å². The lowest BCUT2D eigenvalue weighted by Gasteiger charge is -2.27. The van der Waals surface area contributed by atoms with E-state index in [1.54, 1.807) is 6.07 Å². The molecule has 0 aromatic heterocycles. The Balaban J connectivity index is 1.66. The minimum Gasteiger partial charge on any atom is -0.314 e. The molecule has 0 spiro atoms. The first kappa shape index (κ1) is 13.1. The van der Waals surface area contributed by atoms with Gasteiger partial charge >= 0.3 is 0 Å². The fraction of sp³-hybridized carbons (Fsp3) is 0.571. The van der Waals surface area contributed by atoms with Crippen LogP contribution in [0.3, 0.4) is 0 Å². The number of benzene rings is 1. The van der Waals surface area contributed by atoms with Crippen LogP contribution < -0.4 is 5.32 Å². The molecule has 1 N–H and O–H groups in total. The standard InChI is InChI=1S/C14H20N2O2S/c17-19(18)10-4-13-11-12(1-2-14(13)19)3-7-16-8-5-15-6-9-16/h1-2,11,15H,3-10H2. The molecule has 3 rings (SSSR count). The summed E-state index contributed by atoms with van der Waals surface area (Å²) in [5.41, 5.74) is 2.27. The molecule has 19 heavy (non-hydrogen) atoms. The first-order valence-electron chi connectivity index (χ1n) is 6.93. The van der Waals surface area contributed by atoms with E-state index >= 15 is 0 Å². The van der Waals surface area contributed by atoms with Gasteiger partial charge in [-0.2, -0.15) is 0 Å². The Kier molecular flexibility index (Phi) is 3.60. The van der Waals surface area contributed by atoms with Gasteiger partial charge < -0.3 is 10.2 Å². The number of hydrogen-bond acceptors (Lipinski definition) is 4. The van der Waals surface area contributed by atoms with E-state index in [4.69, 9.17) is 0 Å². The summed E-state index contributed by atoms with van der Waals surface area (Å²) in [5, 5.41) is 3.35. The Hall–Kier alpha value is -0.910. The second kappa shape index (κ2) is 5.23. The van der Waals surface area contributed by atoms with E-state index in [2.05, 4.69) is 16.3 Å². The molecule has 1 saturated heterocycles. The number of fused-ring (bicyclic) bond motifs is 1. The number of piperazine rings is 1. The zero-order valence-corrected chi connectivity index (χ0v) is 11.9. The number of sulfone groups is 1. The van der Waals surface area contributed by atoms with Crippen LogP contribution in [0.1, 0.15) is 11.1 Å². The first-order chi connectivity index (χ1) is 9.15. The third-order valence-corrected chi connectivity index (χ3v) is 5.84. The lowest BCUT2D eigenvalue weighted by atomic mass is 10.1. The minimum atomic E-state index is -2.98. The van der Waals surface area contributed by atoms with Crippen molar-refractivity contribution < 1.29 is 8.42 Å². The Labute approximate surface area is 114 Å². The van der Waals surface area contributed by atoms with Gasteiger partial charge in [0.15, 0.2) is 9.84 Å². The molecule has 1 fully saturated rings. The minimum absolute atomic E-state index is 0.281. The summed E-state index contributed by atoms with van der Waals surface area (Å²) >= 11 is 0. The quantitative estimate of drug-likeness (QED) is 0.874. The molecular formula is C14H20N2O2S. The number of rotatable bonds is 3. The topological polar surface area (TPSA) is 49.4 Å². The maximum absolute atomic E-state index is 11.8. The van der Waals surface area contributed by atoms with Gasteiger partial charge in [0.25, 0.3) is 0 Å². The zero-order valence-electron chi connectivity index (χ0n) is 11.1. The molecule has 5 heteroatoms. The molecule has 104 valence electrons. The van der Waals surface area contributed by atoms with Gasteiger partial charge in [0.2, 0.25) is 0 Å². The third-order valence-electron chi connectivity index (χ3n) is 4.03. The summed E-state index contributed by atoms with van der Waals surface area (Å²) in [7, 11) is -2.98. The van der Waals surface area contributed by atoms with Crippen molar-refractivity contribution in [3.8, 4) is 0 Å². The molecular weight excluding hydrogens is 260 g/mol. The van der Waals surface area contributed by atoms with Crippen LogP contribution in [-0.2, 0) is 22.7 Å². The predicted molar refractivity (Wildman–Crippen MR) is 75.2 cm³/mol. The summed E-state index contributed by atoms with van der Waals surface area (Å²) in [6, 6.07) is 5.86. The normalized spacial score (nSPS) is 22.3. The molecule has 2 aliphatic heterocycles. The predicted octanol–water partition coefficient (Wildman–Crippen LogP) is 0.464. The molecule has 0 radical (unpaired) electrons. The van der Waals surface area contributed by atoms with E-state index in [9.17, 15) is 8.42 Å². The van der Waals surface area contributed by atoms with Gasteiger partial charge in [0.1, 0.15) is 0 Å². The maximum Gasteiger partial charge on any atom is 0.178 e. The second-order valence-corrected chi connectivity index (χ2v) is 7.43. The summed E-state index contributed by atoms with van der Waals surface area (Å²) < 4.78 is 23.5. The molecule has 0 saturated carbocycles. The summed E-state index contributed by atoms with van der Waals surface area (Å²) in [4.78, 5) is 3.01. The molecule has 0 aliphatic carbocycles. The van der Waals surface area contributed by atoms with Crippen molar-refractivity contribution in [2.24, 2.45) is 0 Å². The van der Waals surface area contributed by atoms with Gasteiger partial charge in [-0.3, -0.25) is 0 Å². The highest BCUT2D eigenvalue weighted by Crippen LogP contribution is 2.26. The largest absolute Gasteiger partial charge is 0.314 e. The van der Waals surface area contributed by atoms with Gasteiger partial charge in [-0.1, -0.05) is 12.1 Å². The molecule has 1 aromatic rings. The molecule has 0 atom stereocenters. The smallest absolute Gasteiger partial charge is 0.178 e. The number of hydrogen-bond donors (Lipinski definition) is 1. The monoisotopic (exact) mass is 280 g/mol. The van der Waals surface area contributed by atoms with E-state index in [-0.39, 0.29) is 5.75 Å². The highest BCUT2D eigenvalue weighted by molar-refractivity contribution is 7.91. The first-order valence-corrected chi connectivity index (χ1v) is 8.58. The van der Waals surface area contributed by atoms with Gasteiger partial charge in [-0.05, 0) is 30.0 Å². The van der Waals surface area contributed by atoms with Crippen LogP contribution >= 0.6 is 0 Å². The lowest BCUT2D eigenvalue weighted by molar-refractivity contribution is 0.244. The van der Waals surface area contributed by atoms with Crippen molar-refractivity contribution in [1.29, 1.82) is 0 Å². The van der Waals surface area contributed by atoms with E-state index < -0.39 is 9.84 Å². The SMILES string of the molecule is O=S1(=O)CCc2cc(CCN3CCNCC3)ccc21. The number of nitrogens with one attached hydrogen (secondary N) is 1. The van der Waals surface area contributed by atoms with Gasteiger partial charge in [0.05, 0.1) is 10.6 Å². The van der Waals surface area contributed by atoms with Gasteiger partial charge in [0, 0.05) is 32.7 Å². The number of nitrogens with zero attached hydrogens (tertiary/aromatic N) is 1. The van der Waals surface area contributed by atoms with Crippen molar-refractivity contribution in [3.63, 3.8) is 0 Å². The molecule has 0 unspecified atom stereocenters. The second-order valence-electron chi connectivity index (χ2n) is 5.35. The van der Waals surface area contributed by atoms with Crippen LogP contribution in [0.2, 0.25) is 0 Å². The van der Waals surface area contributed by atoms with Crippen LogP contribution in [0.4, 0.5) is 0 Å². The van der Waals surface area contributed by atoms with Crippen LogP contribution in [0, 0.1) is 0 Å². The van der Waals surface area contributed by atoms with Crippen molar-refractivity contribution >= 4 is 9.84 Å². The number of aryl methyl sites for hydroxylation is 1. The van der Waals surface area contributed by atoms with E-state index in [0.29, 0.717) is 11.3 Å². The fourth-order valence-electron chi connectivity index (χ4n) is 2.86. The van der Waals surface area contributed by atoms with E-state index in [0.717, 1.165) is 44.7 Å². The average Bonchev–Trinajstić information content (AvgIpc) is 2.73. The van der Waals surface area contributed by atoms with E-state index in [1.165, 1.54) is 5.56 Å². The Bertz CT molecular complexity index is 563. The van der Waals surface area contributed by atoms with E-state index in [1.807, 2.05) is 6.07 Å². The van der Waals surface area contributed by atoms with Crippen LogP contribution in [0.25, 0.3) is 0 Å². The average molecular weight is 280 g/mol. The molecule has 4 nitrogen and oxygen atoms in total. The molecule has 0 bridgehead atoms. The van der Waals surface area contributed by atoms with Gasteiger partial charge in [-0.15, -0.1) is 0 Å². The van der Waals surface area contributed by atoms with Crippen molar-refractivity contribution in [2.75, 3.05) is 38.5 Å². The Morgan fingerprint density at radius 2 is 2.00 bits per heavy atom. The maximum atomic E-state index is 11.8. The van der Waals surface area contributed by atoms with Crippen LogP contribution in [-0.4, -0.2) is 51.8 Å². The molecule has 1 aromatic carbocycles. The molecule has 0 amide bonds.